The Labute approximate surface area is 129 Å². The summed E-state index contributed by atoms with van der Waals surface area (Å²) in [5.74, 6) is 0. The average Bonchev–Trinajstić information content (AvgIpc) is 3.08. The highest BCUT2D eigenvalue weighted by molar-refractivity contribution is 5.74. The Bertz CT molecular complexity index is 610. The van der Waals surface area contributed by atoms with E-state index in [0.29, 0.717) is 26.3 Å². The molecule has 2 aromatic rings. The van der Waals surface area contributed by atoms with Gasteiger partial charge in [0.2, 0.25) is 0 Å². The van der Waals surface area contributed by atoms with Crippen LogP contribution < -0.4 is 5.32 Å². The van der Waals surface area contributed by atoms with Gasteiger partial charge in [-0.3, -0.25) is 0 Å². The smallest absolute Gasteiger partial charge is 0.318 e. The van der Waals surface area contributed by atoms with Crippen molar-refractivity contribution in [2.45, 2.75) is 19.5 Å². The van der Waals surface area contributed by atoms with Gasteiger partial charge in [-0.25, -0.2) is 9.48 Å². The van der Waals surface area contributed by atoms with Crippen molar-refractivity contribution < 1.29 is 9.53 Å². The molecule has 1 N–H and O–H groups in total. The number of carbonyl (C=O) groups excluding carboxylic acids is 1. The normalized spacial score (nSPS) is 18.2. The summed E-state index contributed by atoms with van der Waals surface area (Å²) in [5, 5.41) is 7.15. The summed E-state index contributed by atoms with van der Waals surface area (Å²) < 4.78 is 7.15. The monoisotopic (exact) mass is 300 g/mol. The van der Waals surface area contributed by atoms with Crippen LogP contribution in [0.2, 0.25) is 0 Å². The Morgan fingerprint density at radius 2 is 2.23 bits per heavy atom. The lowest BCUT2D eigenvalue weighted by molar-refractivity contribution is 0.0190. The molecule has 1 aliphatic heterocycles. The van der Waals surface area contributed by atoms with E-state index in [1.807, 2.05) is 48.4 Å². The van der Waals surface area contributed by atoms with Gasteiger partial charge in [-0.15, -0.1) is 0 Å². The Morgan fingerprint density at radius 3 is 2.91 bits per heavy atom. The average molecular weight is 300 g/mol. The van der Waals surface area contributed by atoms with Crippen molar-refractivity contribution in [1.82, 2.24) is 20.0 Å². The highest BCUT2D eigenvalue weighted by Crippen LogP contribution is 2.10. The molecule has 0 bridgehead atoms. The lowest BCUT2D eigenvalue weighted by Crippen LogP contribution is -2.51. The molecule has 3 rings (SSSR count). The Hall–Kier alpha value is -2.34. The van der Waals surface area contributed by atoms with E-state index >= 15 is 0 Å². The van der Waals surface area contributed by atoms with Gasteiger partial charge in [0.05, 0.1) is 24.9 Å². The van der Waals surface area contributed by atoms with Gasteiger partial charge in [-0.1, -0.05) is 12.1 Å². The minimum atomic E-state index is -0.0352. The number of benzene rings is 1. The van der Waals surface area contributed by atoms with E-state index in [9.17, 15) is 4.79 Å². The van der Waals surface area contributed by atoms with E-state index in [-0.39, 0.29) is 12.1 Å². The molecule has 1 saturated heterocycles. The Kier molecular flexibility index (Phi) is 4.39. The minimum absolute atomic E-state index is 0.0352. The number of nitrogens with one attached hydrogen (secondary N) is 1. The fraction of sp³-hybridized carbons (Fsp3) is 0.375. The molecule has 0 unspecified atom stereocenters. The van der Waals surface area contributed by atoms with Crippen molar-refractivity contribution in [1.29, 1.82) is 0 Å². The van der Waals surface area contributed by atoms with Gasteiger partial charge in [0.15, 0.2) is 0 Å². The first-order valence-electron chi connectivity index (χ1n) is 7.45. The number of carbonyl (C=O) groups is 1. The molecule has 1 aliphatic rings. The molecule has 0 aliphatic carbocycles. The third kappa shape index (κ3) is 3.28. The summed E-state index contributed by atoms with van der Waals surface area (Å²) in [6.45, 7) is 4.37. The first-order chi connectivity index (χ1) is 10.7. The minimum Gasteiger partial charge on any atom is -0.377 e. The number of hydrogen-bond donors (Lipinski definition) is 1. The SMILES string of the molecule is C[C@@H]1COCCN1C(=O)NCc1ccc(-n2cccn2)cc1. The van der Waals surface area contributed by atoms with Gasteiger partial charge in [-0.2, -0.15) is 5.10 Å². The number of morpholine rings is 1. The molecule has 1 fully saturated rings. The van der Waals surface area contributed by atoms with Gasteiger partial charge < -0.3 is 15.0 Å². The molecule has 0 saturated carbocycles. The first kappa shape index (κ1) is 14.6. The Morgan fingerprint density at radius 1 is 1.41 bits per heavy atom. The molecular formula is C16H20N4O2. The third-order valence-electron chi connectivity index (χ3n) is 3.78. The van der Waals surface area contributed by atoms with Crippen molar-refractivity contribution in [2.24, 2.45) is 0 Å². The summed E-state index contributed by atoms with van der Waals surface area (Å²) in [7, 11) is 0. The van der Waals surface area contributed by atoms with Crippen LogP contribution in [0.5, 0.6) is 0 Å². The number of hydrogen-bond acceptors (Lipinski definition) is 3. The van der Waals surface area contributed by atoms with Crippen molar-refractivity contribution in [3.05, 3.63) is 48.3 Å². The molecule has 22 heavy (non-hydrogen) atoms. The second kappa shape index (κ2) is 6.62. The zero-order valence-electron chi connectivity index (χ0n) is 12.6. The standard InChI is InChI=1S/C16H20N4O2/c1-13-12-22-10-9-19(13)16(21)17-11-14-3-5-15(6-4-14)20-8-2-7-18-20/h2-8,13H,9-12H2,1H3,(H,17,21)/t13-/m1/s1. The van der Waals surface area contributed by atoms with E-state index in [1.165, 1.54) is 0 Å². The summed E-state index contributed by atoms with van der Waals surface area (Å²) in [6.07, 6.45) is 3.65. The van der Waals surface area contributed by atoms with Crippen LogP contribution in [0.25, 0.3) is 5.69 Å². The molecule has 6 heteroatoms. The van der Waals surface area contributed by atoms with Crippen LogP contribution >= 0.6 is 0 Å². The largest absolute Gasteiger partial charge is 0.377 e. The summed E-state index contributed by atoms with van der Waals surface area (Å²) in [5.41, 5.74) is 2.06. The van der Waals surface area contributed by atoms with Crippen molar-refractivity contribution >= 4 is 6.03 Å². The predicted octanol–water partition coefficient (Wildman–Crippen LogP) is 1.80. The van der Waals surface area contributed by atoms with Gasteiger partial charge in [-0.05, 0) is 30.7 Å². The maximum absolute atomic E-state index is 12.2. The number of nitrogens with zero attached hydrogens (tertiary/aromatic N) is 3. The zero-order chi connectivity index (χ0) is 15.4. The molecule has 6 nitrogen and oxygen atoms in total. The van der Waals surface area contributed by atoms with E-state index in [2.05, 4.69) is 10.4 Å². The van der Waals surface area contributed by atoms with E-state index in [4.69, 9.17) is 4.74 Å². The fourth-order valence-corrected chi connectivity index (χ4v) is 2.50. The highest BCUT2D eigenvalue weighted by Gasteiger charge is 2.23. The number of aromatic nitrogens is 2. The summed E-state index contributed by atoms with van der Waals surface area (Å²) in [4.78, 5) is 14.0. The van der Waals surface area contributed by atoms with Crippen LogP contribution in [0, 0.1) is 0 Å². The number of amides is 2. The maximum atomic E-state index is 12.2. The number of rotatable bonds is 3. The second-order valence-electron chi connectivity index (χ2n) is 5.39. The maximum Gasteiger partial charge on any atom is 0.318 e. The van der Waals surface area contributed by atoms with Crippen molar-refractivity contribution in [2.75, 3.05) is 19.8 Å². The lowest BCUT2D eigenvalue weighted by atomic mass is 10.2. The van der Waals surface area contributed by atoms with Crippen LogP contribution in [-0.2, 0) is 11.3 Å². The predicted molar refractivity (Wildman–Crippen MR) is 82.8 cm³/mol. The molecule has 1 aromatic heterocycles. The molecule has 0 spiro atoms. The summed E-state index contributed by atoms with van der Waals surface area (Å²) in [6, 6.07) is 9.96. The van der Waals surface area contributed by atoms with Crippen molar-refractivity contribution in [3.63, 3.8) is 0 Å². The molecular weight excluding hydrogens is 280 g/mol. The molecule has 0 radical (unpaired) electrons. The molecule has 2 amide bonds. The van der Waals surface area contributed by atoms with Crippen LogP contribution in [-0.4, -0.2) is 46.5 Å². The van der Waals surface area contributed by atoms with Crippen molar-refractivity contribution in [3.8, 4) is 5.69 Å². The zero-order valence-corrected chi connectivity index (χ0v) is 12.6. The van der Waals surface area contributed by atoms with Crippen LogP contribution in [0.4, 0.5) is 4.79 Å². The van der Waals surface area contributed by atoms with E-state index in [0.717, 1.165) is 11.3 Å². The van der Waals surface area contributed by atoms with Gasteiger partial charge in [0, 0.05) is 25.5 Å². The molecule has 1 aromatic carbocycles. The van der Waals surface area contributed by atoms with Crippen LogP contribution in [0.3, 0.4) is 0 Å². The number of ether oxygens (including phenoxy) is 1. The van der Waals surface area contributed by atoms with Gasteiger partial charge in [0.1, 0.15) is 0 Å². The molecule has 1 atom stereocenters. The fourth-order valence-electron chi connectivity index (χ4n) is 2.50. The third-order valence-corrected chi connectivity index (χ3v) is 3.78. The quantitative estimate of drug-likeness (QED) is 0.940. The van der Waals surface area contributed by atoms with Crippen LogP contribution in [0.1, 0.15) is 12.5 Å². The molecule has 2 heterocycles. The van der Waals surface area contributed by atoms with Gasteiger partial charge >= 0.3 is 6.03 Å². The van der Waals surface area contributed by atoms with Gasteiger partial charge in [0.25, 0.3) is 0 Å². The van der Waals surface area contributed by atoms with E-state index in [1.54, 1.807) is 10.9 Å². The molecule has 116 valence electrons. The first-order valence-corrected chi connectivity index (χ1v) is 7.45. The number of urea groups is 1. The summed E-state index contributed by atoms with van der Waals surface area (Å²) >= 11 is 0. The topological polar surface area (TPSA) is 59.4 Å². The Balaban J connectivity index is 1.56. The second-order valence-corrected chi connectivity index (χ2v) is 5.39. The van der Waals surface area contributed by atoms with E-state index < -0.39 is 0 Å². The van der Waals surface area contributed by atoms with Crippen LogP contribution in [0.15, 0.2) is 42.7 Å². The highest BCUT2D eigenvalue weighted by atomic mass is 16.5. The lowest BCUT2D eigenvalue weighted by Gasteiger charge is -2.33.